The third kappa shape index (κ3) is 6.04. The number of fused-ring (bicyclic) bond motifs is 1. The number of aliphatic hydroxyl groups is 3. The molecule has 222 valence electrons. The minimum Gasteiger partial charge on any atom is -0.393 e. The Morgan fingerprint density at radius 2 is 1.60 bits per heavy atom. The van der Waals surface area contributed by atoms with E-state index in [-0.39, 0.29) is 24.1 Å². The molecular formula is C24H25F7N2O6S. The SMILES string of the molecule is C[C@@](O)(CO)CNC(=O)C[C@@H]1CCc2cc(C(O)(C(F)(F)F)C(F)(F)F)ccc2N1S(=O)(=O)c1ccc(F)cc1. The molecular weight excluding hydrogens is 577 g/mol. The van der Waals surface area contributed by atoms with Crippen molar-refractivity contribution in [1.82, 2.24) is 5.32 Å². The second kappa shape index (κ2) is 10.8. The van der Waals surface area contributed by atoms with Gasteiger partial charge in [-0.05, 0) is 55.7 Å². The average Bonchev–Trinajstić information content (AvgIpc) is 2.85. The highest BCUT2D eigenvalue weighted by Crippen LogP contribution is 2.51. The van der Waals surface area contributed by atoms with Gasteiger partial charge < -0.3 is 20.6 Å². The van der Waals surface area contributed by atoms with Crippen molar-refractivity contribution in [3.8, 4) is 0 Å². The number of aryl methyl sites for hydroxylation is 1. The van der Waals surface area contributed by atoms with Crippen molar-refractivity contribution in [1.29, 1.82) is 0 Å². The van der Waals surface area contributed by atoms with Crippen LogP contribution in [0.25, 0.3) is 0 Å². The molecule has 0 radical (unpaired) electrons. The molecule has 0 unspecified atom stereocenters. The smallest absolute Gasteiger partial charge is 0.393 e. The van der Waals surface area contributed by atoms with Crippen LogP contribution in [0.5, 0.6) is 0 Å². The quantitative estimate of drug-likeness (QED) is 0.345. The number of nitrogens with zero attached hydrogens (tertiary/aromatic N) is 1. The van der Waals surface area contributed by atoms with Crippen LogP contribution in [0.3, 0.4) is 0 Å². The maximum Gasteiger partial charge on any atom is 0.430 e. The van der Waals surface area contributed by atoms with Gasteiger partial charge in [-0.3, -0.25) is 9.10 Å². The van der Waals surface area contributed by atoms with E-state index in [4.69, 9.17) is 5.11 Å². The van der Waals surface area contributed by atoms with E-state index in [1.54, 1.807) is 0 Å². The van der Waals surface area contributed by atoms with E-state index in [0.29, 0.717) is 22.5 Å². The normalized spacial score (nSPS) is 18.2. The van der Waals surface area contributed by atoms with Crippen molar-refractivity contribution in [3.05, 3.63) is 59.4 Å². The zero-order valence-electron chi connectivity index (χ0n) is 20.7. The third-order valence-electron chi connectivity index (χ3n) is 6.43. The third-order valence-corrected chi connectivity index (χ3v) is 8.31. The van der Waals surface area contributed by atoms with Crippen molar-refractivity contribution in [3.63, 3.8) is 0 Å². The Kier molecular flexibility index (Phi) is 8.52. The van der Waals surface area contributed by atoms with Gasteiger partial charge in [-0.1, -0.05) is 12.1 Å². The summed E-state index contributed by atoms with van der Waals surface area (Å²) in [6.45, 7) is 0.100. The lowest BCUT2D eigenvalue weighted by Gasteiger charge is -2.39. The van der Waals surface area contributed by atoms with Crippen molar-refractivity contribution < 1.29 is 59.3 Å². The van der Waals surface area contributed by atoms with Gasteiger partial charge in [0, 0.05) is 18.5 Å². The Morgan fingerprint density at radius 3 is 2.12 bits per heavy atom. The maximum absolute atomic E-state index is 13.6. The first-order valence-electron chi connectivity index (χ1n) is 11.6. The van der Waals surface area contributed by atoms with Crippen LogP contribution in [-0.2, 0) is 26.8 Å². The van der Waals surface area contributed by atoms with Crippen LogP contribution in [0.15, 0.2) is 47.4 Å². The molecule has 16 heteroatoms. The molecule has 1 aliphatic heterocycles. The number of aliphatic hydroxyl groups excluding tert-OH is 1. The minimum absolute atomic E-state index is 0.239. The molecule has 0 aliphatic carbocycles. The molecule has 8 nitrogen and oxygen atoms in total. The summed E-state index contributed by atoms with van der Waals surface area (Å²) in [6.07, 6.45) is -13.4. The lowest BCUT2D eigenvalue weighted by molar-refractivity contribution is -0.376. The molecule has 1 amide bonds. The molecule has 4 N–H and O–H groups in total. The summed E-state index contributed by atoms with van der Waals surface area (Å²) in [6, 6.07) is 3.64. The molecule has 0 fully saturated rings. The van der Waals surface area contributed by atoms with Gasteiger partial charge in [0.05, 0.1) is 23.2 Å². The summed E-state index contributed by atoms with van der Waals surface area (Å²) in [5.74, 6) is -1.56. The highest BCUT2D eigenvalue weighted by Gasteiger charge is 2.71. The molecule has 40 heavy (non-hydrogen) atoms. The molecule has 0 aromatic heterocycles. The topological polar surface area (TPSA) is 127 Å². The maximum atomic E-state index is 13.6. The van der Waals surface area contributed by atoms with Crippen molar-refractivity contribution in [2.45, 2.75) is 60.7 Å². The predicted molar refractivity (Wildman–Crippen MR) is 126 cm³/mol. The lowest BCUT2D eigenvalue weighted by atomic mass is 9.87. The number of hydrogen-bond acceptors (Lipinski definition) is 6. The molecule has 0 bridgehead atoms. The largest absolute Gasteiger partial charge is 0.430 e. The Labute approximate surface area is 224 Å². The van der Waals surface area contributed by atoms with Gasteiger partial charge in [0.25, 0.3) is 15.6 Å². The fourth-order valence-electron chi connectivity index (χ4n) is 4.21. The van der Waals surface area contributed by atoms with Crippen LogP contribution >= 0.6 is 0 Å². The van der Waals surface area contributed by atoms with Crippen LogP contribution in [0.4, 0.5) is 36.4 Å². The Balaban J connectivity index is 2.10. The van der Waals surface area contributed by atoms with Gasteiger partial charge in [-0.25, -0.2) is 12.8 Å². The van der Waals surface area contributed by atoms with Gasteiger partial charge in [0.15, 0.2) is 0 Å². The average molecular weight is 603 g/mol. The highest BCUT2D eigenvalue weighted by atomic mass is 32.2. The van der Waals surface area contributed by atoms with Crippen LogP contribution < -0.4 is 9.62 Å². The molecule has 2 atom stereocenters. The number of rotatable bonds is 8. The minimum atomic E-state index is -6.16. The first-order valence-corrected chi connectivity index (χ1v) is 13.1. The lowest BCUT2D eigenvalue weighted by Crippen LogP contribution is -2.54. The molecule has 2 aromatic carbocycles. The monoisotopic (exact) mass is 602 g/mol. The molecule has 3 rings (SSSR count). The number of anilines is 1. The number of benzene rings is 2. The number of halogens is 7. The van der Waals surface area contributed by atoms with Gasteiger partial charge in [0.2, 0.25) is 5.91 Å². The summed E-state index contributed by atoms with van der Waals surface area (Å²) in [7, 11) is -4.65. The Morgan fingerprint density at radius 1 is 1.02 bits per heavy atom. The second-order valence-corrected chi connectivity index (χ2v) is 11.4. The van der Waals surface area contributed by atoms with Gasteiger partial charge >= 0.3 is 12.4 Å². The number of amides is 1. The zero-order valence-corrected chi connectivity index (χ0v) is 21.5. The van der Waals surface area contributed by atoms with E-state index in [9.17, 15) is 54.2 Å². The van der Waals surface area contributed by atoms with E-state index in [1.165, 1.54) is 6.92 Å². The molecule has 1 heterocycles. The number of nitrogens with one attached hydrogen (secondary N) is 1. The van der Waals surface area contributed by atoms with Gasteiger partial charge in [-0.2, -0.15) is 26.3 Å². The molecule has 0 spiro atoms. The molecule has 2 aromatic rings. The number of carbonyl (C=O) groups is 1. The van der Waals surface area contributed by atoms with E-state index in [0.717, 1.165) is 24.3 Å². The Hall–Kier alpha value is -2.95. The fraction of sp³-hybridized carbons (Fsp3) is 0.458. The fourth-order valence-corrected chi connectivity index (χ4v) is 5.93. The number of alkyl halides is 6. The van der Waals surface area contributed by atoms with E-state index in [1.807, 2.05) is 0 Å². The molecule has 0 saturated heterocycles. The van der Waals surface area contributed by atoms with E-state index in [2.05, 4.69) is 5.32 Å². The molecule has 1 aliphatic rings. The number of sulfonamides is 1. The predicted octanol–water partition coefficient (Wildman–Crippen LogP) is 2.90. The summed E-state index contributed by atoms with van der Waals surface area (Å²) in [5.41, 5.74) is -9.14. The summed E-state index contributed by atoms with van der Waals surface area (Å²) >= 11 is 0. The van der Waals surface area contributed by atoms with Crippen LogP contribution in [0, 0.1) is 5.82 Å². The van der Waals surface area contributed by atoms with Crippen LogP contribution in [0.2, 0.25) is 0 Å². The van der Waals surface area contributed by atoms with Gasteiger partial charge in [-0.15, -0.1) is 0 Å². The van der Waals surface area contributed by atoms with Crippen LogP contribution in [0.1, 0.15) is 30.9 Å². The van der Waals surface area contributed by atoms with E-state index < -0.39 is 81.4 Å². The summed E-state index contributed by atoms with van der Waals surface area (Å²) < 4.78 is 122. The highest BCUT2D eigenvalue weighted by molar-refractivity contribution is 7.92. The summed E-state index contributed by atoms with van der Waals surface area (Å²) in [5, 5.41) is 31.1. The number of carbonyl (C=O) groups excluding carboxylic acids is 1. The van der Waals surface area contributed by atoms with Crippen molar-refractivity contribution in [2.75, 3.05) is 17.5 Å². The zero-order chi connectivity index (χ0) is 30.3. The van der Waals surface area contributed by atoms with Crippen molar-refractivity contribution in [2.24, 2.45) is 0 Å². The second-order valence-electron chi connectivity index (χ2n) is 9.63. The number of hydrogen-bond donors (Lipinski definition) is 4. The van der Waals surface area contributed by atoms with E-state index >= 15 is 0 Å². The van der Waals surface area contributed by atoms with Gasteiger partial charge in [0.1, 0.15) is 11.4 Å². The Bertz CT molecular complexity index is 1330. The summed E-state index contributed by atoms with van der Waals surface area (Å²) in [4.78, 5) is 12.1. The standard InChI is InChI=1S/C24H25F7N2O6S/c1-21(36,13-34)12-32-20(35)11-17-6-2-14-10-15(22(37,23(26,27)28)24(29,30)31)3-9-19(14)33(17)40(38,39)18-7-4-16(25)5-8-18/h3-5,7-10,17,34,36-37H,2,6,11-13H2,1H3,(H,32,35)/t17-,21-/m0/s1. The first kappa shape index (κ1) is 31.6. The van der Waals surface area contributed by atoms with Crippen molar-refractivity contribution >= 4 is 21.6 Å². The first-order chi connectivity index (χ1) is 18.2. The van der Waals surface area contributed by atoms with Crippen LogP contribution in [-0.4, -0.2) is 66.8 Å². The molecule has 0 saturated carbocycles.